The first kappa shape index (κ1) is 31.7. The fourth-order valence-corrected chi connectivity index (χ4v) is 9.01. The minimum absolute atomic E-state index is 0.349. The molecule has 51 heavy (non-hydrogen) atoms. The topological polar surface area (TPSA) is 79.5 Å². The Morgan fingerprint density at radius 3 is 1.43 bits per heavy atom. The van der Waals surface area contributed by atoms with Crippen molar-refractivity contribution in [2.45, 2.75) is 0 Å². The molecule has 0 spiro atoms. The minimum atomic E-state index is -3.11. The van der Waals surface area contributed by atoms with Gasteiger partial charge < -0.3 is 4.57 Å². The van der Waals surface area contributed by atoms with Crippen LogP contribution in [0.1, 0.15) is 5.56 Å². The van der Waals surface area contributed by atoms with E-state index in [9.17, 15) is 14.2 Å². The molecular formula is C44H28FN4OP. The Morgan fingerprint density at radius 1 is 0.451 bits per heavy atom. The molecule has 0 N–H and O–H groups in total. The largest absolute Gasteiger partial charge is 0.309 e. The molecule has 0 amide bonds. The lowest BCUT2D eigenvalue weighted by atomic mass is 9.94. The number of nitriles is 1. The number of aromatic nitrogens is 3. The van der Waals surface area contributed by atoms with Crippen molar-refractivity contribution in [1.82, 2.24) is 15.0 Å². The molecule has 242 valence electrons. The lowest BCUT2D eigenvalue weighted by Gasteiger charge is -2.20. The molecule has 8 aromatic rings. The van der Waals surface area contributed by atoms with Crippen molar-refractivity contribution in [3.63, 3.8) is 0 Å². The molecule has 0 saturated carbocycles. The van der Waals surface area contributed by atoms with Gasteiger partial charge in [0, 0.05) is 32.6 Å². The third-order valence-corrected chi connectivity index (χ3v) is 12.0. The third-order valence-electron chi connectivity index (χ3n) is 8.96. The van der Waals surface area contributed by atoms with E-state index in [0.717, 1.165) is 48.9 Å². The molecule has 0 atom stereocenters. The van der Waals surface area contributed by atoms with Crippen LogP contribution in [0.3, 0.4) is 0 Å². The van der Waals surface area contributed by atoms with Crippen LogP contribution >= 0.6 is 7.14 Å². The first-order valence-corrected chi connectivity index (χ1v) is 18.1. The number of rotatable bonds is 7. The summed E-state index contributed by atoms with van der Waals surface area (Å²) in [5.74, 6) is 0.963. The summed E-state index contributed by atoms with van der Waals surface area (Å²) in [5.41, 5.74) is 4.71. The molecular weight excluding hydrogens is 650 g/mol. The maximum Gasteiger partial charge on any atom is 0.171 e. The van der Waals surface area contributed by atoms with Gasteiger partial charge >= 0.3 is 0 Å². The van der Waals surface area contributed by atoms with Crippen LogP contribution in [-0.4, -0.2) is 15.0 Å². The van der Waals surface area contributed by atoms with Gasteiger partial charge in [0.2, 0.25) is 0 Å². The van der Waals surface area contributed by atoms with Crippen molar-refractivity contribution in [2.75, 3.05) is 0 Å². The monoisotopic (exact) mass is 678 g/mol. The van der Waals surface area contributed by atoms with Crippen LogP contribution in [-0.2, 0) is 4.57 Å². The van der Waals surface area contributed by atoms with E-state index in [0.29, 0.717) is 28.6 Å². The molecule has 7 aromatic carbocycles. The number of nitrogens with zero attached hydrogens (tertiary/aromatic N) is 4. The average Bonchev–Trinajstić information content (AvgIpc) is 3.21. The number of halogens is 1. The first-order valence-electron chi connectivity index (χ1n) is 16.4. The highest BCUT2D eigenvalue weighted by Gasteiger charge is 2.29. The van der Waals surface area contributed by atoms with Crippen molar-refractivity contribution in [3.05, 3.63) is 181 Å². The van der Waals surface area contributed by atoms with E-state index in [4.69, 9.17) is 15.0 Å². The van der Waals surface area contributed by atoms with Gasteiger partial charge in [-0.3, -0.25) is 0 Å². The maximum atomic E-state index is 14.9. The summed E-state index contributed by atoms with van der Waals surface area (Å²) in [6.07, 6.45) is 0. The van der Waals surface area contributed by atoms with Crippen LogP contribution in [0.2, 0.25) is 0 Å². The van der Waals surface area contributed by atoms with Crippen LogP contribution in [0, 0.1) is 17.1 Å². The highest BCUT2D eigenvalue weighted by Crippen LogP contribution is 2.43. The molecule has 5 nitrogen and oxygen atoms in total. The van der Waals surface area contributed by atoms with Crippen molar-refractivity contribution in [2.24, 2.45) is 0 Å². The van der Waals surface area contributed by atoms with Gasteiger partial charge in [-0.15, -0.1) is 0 Å². The molecule has 0 radical (unpaired) electrons. The van der Waals surface area contributed by atoms with Crippen LogP contribution in [0.25, 0.3) is 56.1 Å². The number of fused-ring (bicyclic) bond motifs is 1. The second-order valence-electron chi connectivity index (χ2n) is 12.0. The van der Waals surface area contributed by atoms with Crippen LogP contribution in [0.5, 0.6) is 0 Å². The summed E-state index contributed by atoms with van der Waals surface area (Å²) in [4.78, 5) is 14.5. The van der Waals surface area contributed by atoms with E-state index in [-0.39, 0.29) is 5.82 Å². The lowest BCUT2D eigenvalue weighted by Crippen LogP contribution is -2.24. The summed E-state index contributed by atoms with van der Waals surface area (Å²) in [6, 6.07) is 54.8. The number of hydrogen-bond donors (Lipinski definition) is 0. The predicted octanol–water partition coefficient (Wildman–Crippen LogP) is 9.34. The zero-order valence-electron chi connectivity index (χ0n) is 27.2. The Labute approximate surface area is 294 Å². The molecule has 8 rings (SSSR count). The van der Waals surface area contributed by atoms with Crippen molar-refractivity contribution < 1.29 is 8.96 Å². The average molecular weight is 679 g/mol. The summed E-state index contributed by atoms with van der Waals surface area (Å²) in [6.45, 7) is 0. The van der Waals surface area contributed by atoms with Gasteiger partial charge in [-0.1, -0.05) is 115 Å². The minimum Gasteiger partial charge on any atom is -0.309 e. The standard InChI is InChI=1S/C44H28FN4OP/c45-34-23-19-33(20-24-34)43-47-42(32-17-15-30(29-46)16-18-32)48-44(49-43)41-28-27-38(39-13-7-8-14-40(39)41)31-21-25-37(26-22-31)51(50,35-9-3-1-4-10-35)36-11-5-2-6-12-36/h1-28H. The van der Waals surface area contributed by atoms with Crippen molar-refractivity contribution in [1.29, 1.82) is 5.26 Å². The van der Waals surface area contributed by atoms with Crippen molar-refractivity contribution in [3.8, 4) is 51.4 Å². The number of benzene rings is 7. The Hall–Kier alpha value is -6.54. The Kier molecular flexibility index (Phi) is 8.33. The van der Waals surface area contributed by atoms with Crippen LogP contribution in [0.4, 0.5) is 4.39 Å². The summed E-state index contributed by atoms with van der Waals surface area (Å²) >= 11 is 0. The van der Waals surface area contributed by atoms with Gasteiger partial charge in [-0.25, -0.2) is 19.3 Å². The van der Waals surface area contributed by atoms with E-state index >= 15 is 0 Å². The molecule has 1 aromatic heterocycles. The Morgan fingerprint density at radius 2 is 0.882 bits per heavy atom. The smallest absolute Gasteiger partial charge is 0.171 e. The molecule has 0 aliphatic heterocycles. The summed E-state index contributed by atoms with van der Waals surface area (Å²) in [7, 11) is -3.11. The van der Waals surface area contributed by atoms with Gasteiger partial charge in [-0.05, 0) is 76.5 Å². The molecule has 0 unspecified atom stereocenters. The van der Waals surface area contributed by atoms with Gasteiger partial charge in [-0.2, -0.15) is 5.26 Å². The Balaban J connectivity index is 1.24. The van der Waals surface area contributed by atoms with E-state index in [1.165, 1.54) is 12.1 Å². The first-order chi connectivity index (χ1) is 25.0. The molecule has 0 bridgehead atoms. The van der Waals surface area contributed by atoms with E-state index < -0.39 is 7.14 Å². The fraction of sp³-hybridized carbons (Fsp3) is 0. The van der Waals surface area contributed by atoms with Gasteiger partial charge in [0.1, 0.15) is 5.82 Å². The van der Waals surface area contributed by atoms with Gasteiger partial charge in [0.25, 0.3) is 0 Å². The normalized spacial score (nSPS) is 11.3. The second-order valence-corrected chi connectivity index (χ2v) is 14.8. The Bertz CT molecular complexity index is 2560. The van der Waals surface area contributed by atoms with Crippen molar-refractivity contribution >= 4 is 33.8 Å². The van der Waals surface area contributed by atoms with Crippen LogP contribution < -0.4 is 15.9 Å². The molecule has 1 heterocycles. The zero-order valence-corrected chi connectivity index (χ0v) is 28.1. The van der Waals surface area contributed by atoms with E-state index in [1.807, 2.05) is 121 Å². The second kappa shape index (κ2) is 13.4. The molecule has 0 saturated heterocycles. The molecule has 7 heteroatoms. The molecule has 0 aliphatic rings. The highest BCUT2D eigenvalue weighted by atomic mass is 31.2. The van der Waals surface area contributed by atoms with Gasteiger partial charge in [0.05, 0.1) is 11.6 Å². The summed E-state index contributed by atoms with van der Waals surface area (Å²) in [5, 5.41) is 13.6. The summed E-state index contributed by atoms with van der Waals surface area (Å²) < 4.78 is 28.8. The SMILES string of the molecule is N#Cc1ccc(-c2nc(-c3ccc(F)cc3)nc(-c3ccc(-c4ccc(P(=O)(c5ccccc5)c5ccccc5)cc4)c4ccccc34)n2)cc1. The van der Waals surface area contributed by atoms with Crippen LogP contribution in [0.15, 0.2) is 170 Å². The van der Waals surface area contributed by atoms with Gasteiger partial charge in [0.15, 0.2) is 24.6 Å². The predicted molar refractivity (Wildman–Crippen MR) is 203 cm³/mol. The highest BCUT2D eigenvalue weighted by molar-refractivity contribution is 7.85. The maximum absolute atomic E-state index is 14.9. The number of hydrogen-bond acceptors (Lipinski definition) is 5. The van der Waals surface area contributed by atoms with E-state index in [2.05, 4.69) is 18.2 Å². The quantitative estimate of drug-likeness (QED) is 0.157. The fourth-order valence-electron chi connectivity index (χ4n) is 6.37. The third kappa shape index (κ3) is 6.01. The molecule has 0 aliphatic carbocycles. The lowest BCUT2D eigenvalue weighted by molar-refractivity contribution is 0.592. The van der Waals surface area contributed by atoms with E-state index in [1.54, 1.807) is 24.3 Å². The zero-order chi connectivity index (χ0) is 34.8. The molecule has 0 fully saturated rings.